The molecule has 0 rings (SSSR count). The zero-order chi connectivity index (χ0) is 9.78. The smallest absolute Gasteiger partial charge is 0.327 e. The standard InChI is InChI=1S/C6H13NO4P/c1-5(2)6(8)7-3-4-12(9,10)11/h3-4H2,1-2H3,(H,7,8)(H2,9,10,11). The van der Waals surface area contributed by atoms with E-state index in [0.717, 1.165) is 0 Å². The van der Waals surface area contributed by atoms with E-state index in [1.807, 2.05) is 0 Å². The predicted octanol–water partition coefficient (Wildman–Crippen LogP) is -0.105. The highest BCUT2D eigenvalue weighted by Gasteiger charge is 2.13. The third-order valence-electron chi connectivity index (χ3n) is 1.14. The van der Waals surface area contributed by atoms with Crippen molar-refractivity contribution in [2.45, 2.75) is 13.8 Å². The summed E-state index contributed by atoms with van der Waals surface area (Å²) in [5.41, 5.74) is 0. The van der Waals surface area contributed by atoms with Crippen LogP contribution in [0.1, 0.15) is 13.8 Å². The molecule has 6 heteroatoms. The Labute approximate surface area is 71.3 Å². The fourth-order valence-electron chi connectivity index (χ4n) is 0.492. The second kappa shape index (κ2) is 4.60. The van der Waals surface area contributed by atoms with Crippen LogP contribution in [0, 0.1) is 5.92 Å². The van der Waals surface area contributed by atoms with Gasteiger partial charge in [0.25, 0.3) is 0 Å². The third kappa shape index (κ3) is 6.34. The fraction of sp³-hybridized carbons (Fsp3) is 0.667. The molecule has 0 fully saturated rings. The second-order valence-electron chi connectivity index (χ2n) is 2.64. The third-order valence-corrected chi connectivity index (χ3v) is 1.95. The number of carbonyl (C=O) groups excluding carboxylic acids is 1. The molecule has 0 spiro atoms. The first kappa shape index (κ1) is 11.6. The molecule has 0 aliphatic rings. The van der Waals surface area contributed by atoms with Crippen LogP contribution in [0.4, 0.5) is 0 Å². The molecule has 0 heterocycles. The van der Waals surface area contributed by atoms with E-state index < -0.39 is 7.60 Å². The van der Waals surface area contributed by atoms with Crippen LogP contribution in [0.3, 0.4) is 0 Å². The van der Waals surface area contributed by atoms with Crippen LogP contribution in [-0.2, 0) is 9.36 Å². The summed E-state index contributed by atoms with van der Waals surface area (Å²) in [6, 6.07) is 0. The van der Waals surface area contributed by atoms with Crippen molar-refractivity contribution in [2.24, 2.45) is 0 Å². The van der Waals surface area contributed by atoms with Crippen LogP contribution in [0.5, 0.6) is 0 Å². The summed E-state index contributed by atoms with van der Waals surface area (Å²) in [7, 11) is -3.98. The van der Waals surface area contributed by atoms with E-state index in [-0.39, 0.29) is 18.6 Å². The molecule has 3 N–H and O–H groups in total. The van der Waals surface area contributed by atoms with Gasteiger partial charge in [-0.2, -0.15) is 0 Å². The van der Waals surface area contributed by atoms with Crippen LogP contribution in [0.25, 0.3) is 0 Å². The van der Waals surface area contributed by atoms with E-state index in [0.29, 0.717) is 5.92 Å². The van der Waals surface area contributed by atoms with Crippen molar-refractivity contribution in [3.63, 3.8) is 0 Å². The average molecular weight is 194 g/mol. The Balaban J connectivity index is 3.58. The Morgan fingerprint density at radius 1 is 1.42 bits per heavy atom. The van der Waals surface area contributed by atoms with Crippen LogP contribution < -0.4 is 5.32 Å². The minimum Gasteiger partial charge on any atom is -0.355 e. The van der Waals surface area contributed by atoms with Gasteiger partial charge in [0.1, 0.15) is 0 Å². The Hall–Kier alpha value is -0.380. The maximum atomic E-state index is 10.8. The highest BCUT2D eigenvalue weighted by atomic mass is 31.2. The lowest BCUT2D eigenvalue weighted by atomic mass is 10.2. The molecular formula is C6H13NO4P. The van der Waals surface area contributed by atoms with E-state index in [2.05, 4.69) is 5.32 Å². The zero-order valence-electron chi connectivity index (χ0n) is 7.07. The molecule has 0 saturated heterocycles. The minimum atomic E-state index is -3.98. The van der Waals surface area contributed by atoms with Gasteiger partial charge in [-0.25, -0.2) is 0 Å². The lowest BCUT2D eigenvalue weighted by Crippen LogP contribution is -2.29. The Kier molecular flexibility index (Phi) is 4.45. The number of hydrogen-bond acceptors (Lipinski definition) is 2. The summed E-state index contributed by atoms with van der Waals surface area (Å²) < 4.78 is 10.3. The van der Waals surface area contributed by atoms with Crippen molar-refractivity contribution in [2.75, 3.05) is 12.7 Å². The van der Waals surface area contributed by atoms with Crippen LogP contribution in [0.2, 0.25) is 0 Å². The Morgan fingerprint density at radius 3 is 2.25 bits per heavy atom. The van der Waals surface area contributed by atoms with E-state index in [1.54, 1.807) is 13.8 Å². The van der Waals surface area contributed by atoms with Crippen molar-refractivity contribution in [3.8, 4) is 0 Å². The maximum Gasteiger partial charge on any atom is 0.327 e. The lowest BCUT2D eigenvalue weighted by molar-refractivity contribution is -0.119. The summed E-state index contributed by atoms with van der Waals surface area (Å²) in [6.07, 6.45) is -0.313. The van der Waals surface area contributed by atoms with Gasteiger partial charge in [0.15, 0.2) is 0 Å². The van der Waals surface area contributed by atoms with E-state index in [1.165, 1.54) is 0 Å². The van der Waals surface area contributed by atoms with Gasteiger partial charge in [-0.05, 0) is 0 Å². The van der Waals surface area contributed by atoms with Gasteiger partial charge in [-0.3, -0.25) is 9.36 Å². The van der Waals surface area contributed by atoms with Gasteiger partial charge >= 0.3 is 7.60 Å². The molecule has 0 atom stereocenters. The first-order valence-electron chi connectivity index (χ1n) is 3.46. The first-order chi connectivity index (χ1) is 5.33. The molecule has 0 saturated carbocycles. The number of rotatable bonds is 4. The quantitative estimate of drug-likeness (QED) is 0.545. The van der Waals surface area contributed by atoms with E-state index in [9.17, 15) is 9.36 Å². The van der Waals surface area contributed by atoms with Crippen molar-refractivity contribution in [1.29, 1.82) is 0 Å². The van der Waals surface area contributed by atoms with Crippen molar-refractivity contribution in [3.05, 3.63) is 5.92 Å². The number of hydrogen-bond donors (Lipinski definition) is 3. The zero-order valence-corrected chi connectivity index (χ0v) is 7.97. The Morgan fingerprint density at radius 2 is 1.92 bits per heavy atom. The number of nitrogens with one attached hydrogen (secondary N) is 1. The summed E-state index contributed by atoms with van der Waals surface area (Å²) in [4.78, 5) is 27.7. The van der Waals surface area contributed by atoms with Gasteiger partial charge < -0.3 is 15.1 Å². The second-order valence-corrected chi connectivity index (χ2v) is 4.42. The molecular weight excluding hydrogens is 181 g/mol. The molecule has 0 aliphatic heterocycles. The van der Waals surface area contributed by atoms with Crippen molar-refractivity contribution < 1.29 is 19.1 Å². The fourth-order valence-corrected chi connectivity index (χ4v) is 0.895. The molecule has 1 radical (unpaired) electrons. The molecule has 0 aliphatic carbocycles. The van der Waals surface area contributed by atoms with Gasteiger partial charge in [0.2, 0.25) is 5.91 Å². The normalized spacial score (nSPS) is 11.8. The highest BCUT2D eigenvalue weighted by Crippen LogP contribution is 2.32. The molecule has 1 amide bonds. The lowest BCUT2D eigenvalue weighted by Gasteiger charge is -2.07. The van der Waals surface area contributed by atoms with Crippen LogP contribution >= 0.6 is 7.60 Å². The maximum absolute atomic E-state index is 10.8. The van der Waals surface area contributed by atoms with Gasteiger partial charge in [-0.15, -0.1) is 0 Å². The number of carbonyl (C=O) groups is 1. The van der Waals surface area contributed by atoms with Gasteiger partial charge in [-0.1, -0.05) is 13.8 Å². The van der Waals surface area contributed by atoms with Gasteiger partial charge in [0.05, 0.1) is 12.1 Å². The van der Waals surface area contributed by atoms with Crippen molar-refractivity contribution >= 4 is 13.5 Å². The van der Waals surface area contributed by atoms with Gasteiger partial charge in [0, 0.05) is 6.54 Å². The molecule has 5 nitrogen and oxygen atoms in total. The molecule has 0 unspecified atom stereocenters. The van der Waals surface area contributed by atoms with Crippen LogP contribution in [-0.4, -0.2) is 28.4 Å². The SMILES string of the molecule is C[C](C)C(=O)NCCP(=O)(O)O. The van der Waals surface area contributed by atoms with E-state index in [4.69, 9.17) is 9.79 Å². The van der Waals surface area contributed by atoms with Crippen LogP contribution in [0.15, 0.2) is 0 Å². The summed E-state index contributed by atoms with van der Waals surface area (Å²) in [5, 5.41) is 2.37. The van der Waals surface area contributed by atoms with E-state index >= 15 is 0 Å². The Bertz CT molecular complexity index is 198. The largest absolute Gasteiger partial charge is 0.355 e. The molecule has 0 aromatic rings. The molecule has 0 aromatic heterocycles. The summed E-state index contributed by atoms with van der Waals surface area (Å²) in [5.74, 6) is 0.296. The highest BCUT2D eigenvalue weighted by molar-refractivity contribution is 7.51. The summed E-state index contributed by atoms with van der Waals surface area (Å²) in [6.45, 7) is 3.27. The first-order valence-corrected chi connectivity index (χ1v) is 5.25. The molecule has 71 valence electrons. The molecule has 0 aromatic carbocycles. The summed E-state index contributed by atoms with van der Waals surface area (Å²) >= 11 is 0. The minimum absolute atomic E-state index is 0.00823. The van der Waals surface area contributed by atoms with Crippen molar-refractivity contribution in [1.82, 2.24) is 5.32 Å². The topological polar surface area (TPSA) is 86.6 Å². The monoisotopic (exact) mass is 194 g/mol. The number of amides is 1. The predicted molar refractivity (Wildman–Crippen MR) is 44.5 cm³/mol. The molecule has 12 heavy (non-hydrogen) atoms. The molecule has 0 bridgehead atoms. The average Bonchev–Trinajstić information content (AvgIpc) is 1.84.